The molecule has 15 heavy (non-hydrogen) atoms. The zero-order chi connectivity index (χ0) is 11.3. The molecule has 1 rings (SSSR count). The van der Waals surface area contributed by atoms with E-state index in [0.717, 1.165) is 25.5 Å². The van der Waals surface area contributed by atoms with Crippen LogP contribution in [0.2, 0.25) is 0 Å². The minimum absolute atomic E-state index is 0.310. The zero-order valence-corrected chi connectivity index (χ0v) is 9.95. The highest BCUT2D eigenvalue weighted by atomic mass is 15.2. The maximum absolute atomic E-state index is 4.28. The quantitative estimate of drug-likeness (QED) is 0.727. The predicted octanol–water partition coefficient (Wildman–Crippen LogP) is 2.92. The Hall–Kier alpha value is -1.25. The Morgan fingerprint density at radius 3 is 2.93 bits per heavy atom. The van der Waals surface area contributed by atoms with Crippen LogP contribution in [0.4, 0.5) is 5.95 Å². The second-order valence-corrected chi connectivity index (χ2v) is 4.56. The number of hydrogen-bond acceptors (Lipinski definition) is 2. The molecule has 0 aliphatic rings. The Labute approximate surface area is 92.2 Å². The van der Waals surface area contributed by atoms with Crippen molar-refractivity contribution in [3.63, 3.8) is 0 Å². The first-order valence-electron chi connectivity index (χ1n) is 5.45. The normalized spacial score (nSPS) is 11.4. The number of rotatable bonds is 6. The molecule has 0 saturated heterocycles. The molecule has 0 amide bonds. The van der Waals surface area contributed by atoms with Gasteiger partial charge in [-0.2, -0.15) is 0 Å². The highest BCUT2D eigenvalue weighted by Gasteiger charge is 2.15. The first-order chi connectivity index (χ1) is 7.09. The number of nitrogens with zero attached hydrogens (tertiary/aromatic N) is 2. The molecule has 0 spiro atoms. The van der Waals surface area contributed by atoms with Crippen LogP contribution in [0, 0.1) is 5.41 Å². The van der Waals surface area contributed by atoms with E-state index in [1.165, 1.54) is 0 Å². The number of imidazole rings is 1. The van der Waals surface area contributed by atoms with Gasteiger partial charge >= 0.3 is 0 Å². The molecule has 0 saturated carbocycles. The molecule has 84 valence electrons. The fraction of sp³-hybridized carbons (Fsp3) is 0.583. The molecule has 0 unspecified atom stereocenters. The van der Waals surface area contributed by atoms with Crippen molar-refractivity contribution < 1.29 is 0 Å². The van der Waals surface area contributed by atoms with Crippen LogP contribution in [0.25, 0.3) is 0 Å². The molecule has 0 atom stereocenters. The Kier molecular flexibility index (Phi) is 3.95. The summed E-state index contributed by atoms with van der Waals surface area (Å²) in [6.45, 7) is 12.2. The van der Waals surface area contributed by atoms with Crippen LogP contribution in [0.3, 0.4) is 0 Å². The fourth-order valence-electron chi connectivity index (χ4n) is 1.21. The van der Waals surface area contributed by atoms with E-state index in [9.17, 15) is 0 Å². The summed E-state index contributed by atoms with van der Waals surface area (Å²) >= 11 is 0. The summed E-state index contributed by atoms with van der Waals surface area (Å²) in [6.07, 6.45) is 6.80. The maximum Gasteiger partial charge on any atom is 0.203 e. The van der Waals surface area contributed by atoms with Crippen LogP contribution >= 0.6 is 0 Å². The molecule has 0 fully saturated rings. The topological polar surface area (TPSA) is 29.9 Å². The lowest BCUT2D eigenvalue weighted by molar-refractivity contribution is 0.375. The minimum Gasteiger partial charge on any atom is -0.355 e. The van der Waals surface area contributed by atoms with Crippen molar-refractivity contribution in [2.75, 3.05) is 11.9 Å². The van der Waals surface area contributed by atoms with Gasteiger partial charge in [0.25, 0.3) is 0 Å². The lowest BCUT2D eigenvalue weighted by atomic mass is 9.90. The highest BCUT2D eigenvalue weighted by molar-refractivity contribution is 5.26. The van der Waals surface area contributed by atoms with E-state index in [0.29, 0.717) is 5.41 Å². The average Bonchev–Trinajstić information content (AvgIpc) is 2.64. The van der Waals surface area contributed by atoms with Gasteiger partial charge in [0.15, 0.2) is 0 Å². The molecule has 1 aromatic rings. The van der Waals surface area contributed by atoms with Crippen molar-refractivity contribution in [2.24, 2.45) is 5.41 Å². The zero-order valence-electron chi connectivity index (χ0n) is 9.95. The molecule has 1 heterocycles. The Balaban J connectivity index is 2.57. The second-order valence-electron chi connectivity index (χ2n) is 4.56. The van der Waals surface area contributed by atoms with Gasteiger partial charge in [-0.25, -0.2) is 4.98 Å². The summed E-state index contributed by atoms with van der Waals surface area (Å²) < 4.78 is 2.05. The summed E-state index contributed by atoms with van der Waals surface area (Å²) in [6, 6.07) is 0. The van der Waals surface area contributed by atoms with Crippen LogP contribution < -0.4 is 5.32 Å². The number of nitrogens with one attached hydrogen (secondary N) is 1. The summed E-state index contributed by atoms with van der Waals surface area (Å²) in [5.74, 6) is 0.927. The summed E-state index contributed by atoms with van der Waals surface area (Å²) in [4.78, 5) is 4.28. The average molecular weight is 207 g/mol. The van der Waals surface area contributed by atoms with Crippen molar-refractivity contribution in [3.05, 3.63) is 25.0 Å². The van der Waals surface area contributed by atoms with Crippen LogP contribution in [0.15, 0.2) is 25.0 Å². The SMILES string of the molecule is C=CCn1ccnc1NCC(C)(C)CC. The third kappa shape index (κ3) is 3.42. The van der Waals surface area contributed by atoms with Crippen LogP contribution in [-0.4, -0.2) is 16.1 Å². The van der Waals surface area contributed by atoms with E-state index in [2.05, 4.69) is 42.2 Å². The van der Waals surface area contributed by atoms with Gasteiger partial charge in [-0.1, -0.05) is 26.8 Å². The monoisotopic (exact) mass is 207 g/mol. The highest BCUT2D eigenvalue weighted by Crippen LogP contribution is 2.19. The summed E-state index contributed by atoms with van der Waals surface area (Å²) in [5, 5.41) is 3.37. The largest absolute Gasteiger partial charge is 0.355 e. The molecule has 1 aromatic heterocycles. The fourth-order valence-corrected chi connectivity index (χ4v) is 1.21. The van der Waals surface area contributed by atoms with Gasteiger partial charge in [0.2, 0.25) is 5.95 Å². The molecule has 0 aliphatic heterocycles. The first kappa shape index (κ1) is 11.8. The molecular formula is C12H21N3. The first-order valence-corrected chi connectivity index (χ1v) is 5.45. The lowest BCUT2D eigenvalue weighted by Crippen LogP contribution is -2.23. The van der Waals surface area contributed by atoms with Gasteiger partial charge in [0, 0.05) is 25.5 Å². The Morgan fingerprint density at radius 1 is 1.60 bits per heavy atom. The Bertz CT molecular complexity index is 312. The number of anilines is 1. The Morgan fingerprint density at radius 2 is 2.33 bits per heavy atom. The number of aromatic nitrogens is 2. The predicted molar refractivity (Wildman–Crippen MR) is 65.0 cm³/mol. The van der Waals surface area contributed by atoms with Crippen molar-refractivity contribution >= 4 is 5.95 Å². The van der Waals surface area contributed by atoms with Crippen molar-refractivity contribution in [3.8, 4) is 0 Å². The van der Waals surface area contributed by atoms with Crippen LogP contribution in [-0.2, 0) is 6.54 Å². The van der Waals surface area contributed by atoms with Gasteiger partial charge in [-0.3, -0.25) is 0 Å². The standard InChI is InChI=1S/C12H21N3/c1-5-8-15-9-7-13-11(15)14-10-12(3,4)6-2/h5,7,9H,1,6,8,10H2,2-4H3,(H,13,14). The van der Waals surface area contributed by atoms with E-state index >= 15 is 0 Å². The van der Waals surface area contributed by atoms with Gasteiger partial charge in [-0.15, -0.1) is 6.58 Å². The molecule has 1 N–H and O–H groups in total. The molecular weight excluding hydrogens is 186 g/mol. The second kappa shape index (κ2) is 5.01. The minimum atomic E-state index is 0.310. The van der Waals surface area contributed by atoms with Crippen molar-refractivity contribution in [1.29, 1.82) is 0 Å². The van der Waals surface area contributed by atoms with E-state index in [1.807, 2.05) is 18.5 Å². The van der Waals surface area contributed by atoms with Crippen molar-refractivity contribution in [1.82, 2.24) is 9.55 Å². The summed E-state index contributed by atoms with van der Waals surface area (Å²) in [7, 11) is 0. The van der Waals surface area contributed by atoms with Gasteiger partial charge in [0.05, 0.1) is 0 Å². The molecule has 0 radical (unpaired) electrons. The van der Waals surface area contributed by atoms with Crippen LogP contribution in [0.1, 0.15) is 27.2 Å². The molecule has 3 heteroatoms. The van der Waals surface area contributed by atoms with Gasteiger partial charge < -0.3 is 9.88 Å². The number of allylic oxidation sites excluding steroid dienone is 1. The molecule has 0 bridgehead atoms. The van der Waals surface area contributed by atoms with Gasteiger partial charge in [0.1, 0.15) is 0 Å². The molecule has 0 aliphatic carbocycles. The number of hydrogen-bond donors (Lipinski definition) is 1. The molecule has 3 nitrogen and oxygen atoms in total. The van der Waals surface area contributed by atoms with Crippen LogP contribution in [0.5, 0.6) is 0 Å². The third-order valence-electron chi connectivity index (χ3n) is 2.72. The van der Waals surface area contributed by atoms with E-state index < -0.39 is 0 Å². The van der Waals surface area contributed by atoms with E-state index in [1.54, 1.807) is 0 Å². The smallest absolute Gasteiger partial charge is 0.203 e. The summed E-state index contributed by atoms with van der Waals surface area (Å²) in [5.41, 5.74) is 0.310. The van der Waals surface area contributed by atoms with E-state index in [-0.39, 0.29) is 0 Å². The van der Waals surface area contributed by atoms with Crippen molar-refractivity contribution in [2.45, 2.75) is 33.7 Å². The van der Waals surface area contributed by atoms with E-state index in [4.69, 9.17) is 0 Å². The molecule has 0 aromatic carbocycles. The lowest BCUT2D eigenvalue weighted by Gasteiger charge is -2.23. The van der Waals surface area contributed by atoms with Gasteiger partial charge in [-0.05, 0) is 11.8 Å². The third-order valence-corrected chi connectivity index (χ3v) is 2.72. The maximum atomic E-state index is 4.28.